The Labute approximate surface area is 148 Å². The lowest BCUT2D eigenvalue weighted by atomic mass is 10.1. The highest BCUT2D eigenvalue weighted by Crippen LogP contribution is 2.34. The number of aryl methyl sites for hydroxylation is 1. The molecule has 0 atom stereocenters. The highest BCUT2D eigenvalue weighted by Gasteiger charge is 2.35. The number of anilines is 2. The van der Waals surface area contributed by atoms with Gasteiger partial charge in [-0.05, 0) is 18.2 Å². The Balaban J connectivity index is 1.65. The van der Waals surface area contributed by atoms with E-state index in [0.717, 1.165) is 11.1 Å². The van der Waals surface area contributed by atoms with Gasteiger partial charge in [0.1, 0.15) is 5.82 Å². The van der Waals surface area contributed by atoms with Crippen LogP contribution >= 0.6 is 11.3 Å². The first-order chi connectivity index (χ1) is 12.4. The molecule has 7 nitrogen and oxygen atoms in total. The number of pyridine rings is 2. The van der Waals surface area contributed by atoms with Crippen LogP contribution in [0.2, 0.25) is 0 Å². The third-order valence-corrected chi connectivity index (χ3v) is 4.36. The van der Waals surface area contributed by atoms with E-state index in [2.05, 4.69) is 30.6 Å². The van der Waals surface area contributed by atoms with E-state index in [1.54, 1.807) is 29.2 Å². The highest BCUT2D eigenvalue weighted by atomic mass is 32.1. The summed E-state index contributed by atoms with van der Waals surface area (Å²) in [6, 6.07) is 5.18. The lowest BCUT2D eigenvalue weighted by Gasteiger charge is -2.04. The van der Waals surface area contributed by atoms with Crippen LogP contribution in [0, 0.1) is 0 Å². The first-order valence-electron chi connectivity index (χ1n) is 7.32. The van der Waals surface area contributed by atoms with Gasteiger partial charge in [-0.25, -0.2) is 4.98 Å². The number of hydrogen-bond donors (Lipinski definition) is 1. The molecule has 26 heavy (non-hydrogen) atoms. The van der Waals surface area contributed by atoms with E-state index in [4.69, 9.17) is 0 Å². The van der Waals surface area contributed by atoms with E-state index in [9.17, 15) is 13.2 Å². The van der Waals surface area contributed by atoms with Gasteiger partial charge in [-0.3, -0.25) is 9.67 Å². The minimum absolute atomic E-state index is 0.0144. The molecule has 0 bridgehead atoms. The maximum absolute atomic E-state index is 12.6. The lowest BCUT2D eigenvalue weighted by Crippen LogP contribution is -2.03. The zero-order valence-electron chi connectivity index (χ0n) is 13.2. The second-order valence-corrected chi connectivity index (χ2v) is 6.37. The summed E-state index contributed by atoms with van der Waals surface area (Å²) in [5, 5.41) is 12.5. The van der Waals surface area contributed by atoms with Crippen molar-refractivity contribution in [2.24, 2.45) is 7.05 Å². The average Bonchev–Trinajstić information content (AvgIpc) is 3.23. The second kappa shape index (κ2) is 6.02. The summed E-state index contributed by atoms with van der Waals surface area (Å²) in [7, 11) is 1.81. The van der Waals surface area contributed by atoms with Gasteiger partial charge in [0.15, 0.2) is 0 Å². The van der Waals surface area contributed by atoms with Crippen LogP contribution in [0.3, 0.4) is 0 Å². The molecule has 0 spiro atoms. The fraction of sp³-hybridized carbons (Fsp3) is 0.133. The van der Waals surface area contributed by atoms with Crippen LogP contribution in [0.15, 0.2) is 36.8 Å². The Morgan fingerprint density at radius 1 is 1.08 bits per heavy atom. The molecule has 0 aromatic carbocycles. The summed E-state index contributed by atoms with van der Waals surface area (Å²) >= 11 is 0.418. The van der Waals surface area contributed by atoms with Crippen molar-refractivity contribution in [2.75, 3.05) is 5.32 Å². The van der Waals surface area contributed by atoms with Gasteiger partial charge in [0.25, 0.3) is 0 Å². The molecule has 0 aliphatic rings. The molecule has 1 N–H and O–H groups in total. The number of aromatic nitrogens is 6. The van der Waals surface area contributed by atoms with Crippen molar-refractivity contribution in [2.45, 2.75) is 6.18 Å². The number of nitrogens with zero attached hydrogens (tertiary/aromatic N) is 6. The van der Waals surface area contributed by atoms with Crippen molar-refractivity contribution in [3.05, 3.63) is 41.8 Å². The third-order valence-electron chi connectivity index (χ3n) is 3.48. The summed E-state index contributed by atoms with van der Waals surface area (Å²) in [6.07, 6.45) is 0.765. The maximum Gasteiger partial charge on any atom is 0.445 e. The molecule has 4 aromatic rings. The van der Waals surface area contributed by atoms with Gasteiger partial charge in [0.2, 0.25) is 10.1 Å². The Bertz CT molecular complexity index is 1090. The number of fused-ring (bicyclic) bond motifs is 1. The summed E-state index contributed by atoms with van der Waals surface area (Å²) in [6.45, 7) is 0. The van der Waals surface area contributed by atoms with Crippen LogP contribution in [0.5, 0.6) is 0 Å². The molecule has 11 heteroatoms. The molecule has 4 heterocycles. The molecule has 0 radical (unpaired) electrons. The zero-order valence-corrected chi connectivity index (χ0v) is 14.0. The van der Waals surface area contributed by atoms with Crippen LogP contribution < -0.4 is 5.32 Å². The van der Waals surface area contributed by atoms with Crippen LogP contribution in [-0.2, 0) is 13.2 Å². The van der Waals surface area contributed by atoms with Crippen LogP contribution in [0.25, 0.3) is 22.2 Å². The zero-order chi connectivity index (χ0) is 18.3. The van der Waals surface area contributed by atoms with Gasteiger partial charge in [-0.2, -0.15) is 18.3 Å². The highest BCUT2D eigenvalue weighted by molar-refractivity contribution is 7.15. The predicted molar refractivity (Wildman–Crippen MR) is 89.9 cm³/mol. The van der Waals surface area contributed by atoms with Crippen molar-refractivity contribution >= 4 is 33.3 Å². The van der Waals surface area contributed by atoms with E-state index in [0.29, 0.717) is 28.2 Å². The van der Waals surface area contributed by atoms with E-state index in [-0.39, 0.29) is 5.13 Å². The molecule has 0 aliphatic carbocycles. The molecule has 132 valence electrons. The Morgan fingerprint density at radius 3 is 2.62 bits per heavy atom. The Kier molecular flexibility index (Phi) is 3.80. The predicted octanol–water partition coefficient (Wildman–Crippen LogP) is 3.64. The summed E-state index contributed by atoms with van der Waals surface area (Å²) in [5.41, 5.74) is 2.99. The molecule has 4 aromatic heterocycles. The summed E-state index contributed by atoms with van der Waals surface area (Å²) < 4.78 is 39.5. The Morgan fingerprint density at radius 2 is 1.92 bits per heavy atom. The molecule has 0 aliphatic heterocycles. The lowest BCUT2D eigenvalue weighted by molar-refractivity contribution is -0.138. The fourth-order valence-corrected chi connectivity index (χ4v) is 2.92. The Hall–Kier alpha value is -3.08. The molecular weight excluding hydrogens is 367 g/mol. The van der Waals surface area contributed by atoms with Crippen LogP contribution in [0.1, 0.15) is 5.01 Å². The van der Waals surface area contributed by atoms with Crippen molar-refractivity contribution in [3.8, 4) is 11.1 Å². The number of alkyl halides is 3. The molecule has 0 unspecified atom stereocenters. The number of halogens is 3. The minimum atomic E-state index is -4.52. The molecule has 0 fully saturated rings. The van der Waals surface area contributed by atoms with E-state index in [1.807, 2.05) is 19.3 Å². The number of nitrogens with one attached hydrogen (secondary N) is 1. The topological polar surface area (TPSA) is 81.4 Å². The monoisotopic (exact) mass is 377 g/mol. The summed E-state index contributed by atoms with van der Waals surface area (Å²) in [5.74, 6) is 0.354. The number of hydrogen-bond acceptors (Lipinski definition) is 7. The van der Waals surface area contributed by atoms with Gasteiger partial charge < -0.3 is 5.32 Å². The van der Waals surface area contributed by atoms with Crippen LogP contribution in [-0.4, -0.2) is 29.9 Å². The first kappa shape index (κ1) is 16.4. The van der Waals surface area contributed by atoms with Gasteiger partial charge in [-0.15, -0.1) is 10.2 Å². The molecule has 0 amide bonds. The smallest absolute Gasteiger partial charge is 0.315 e. The van der Waals surface area contributed by atoms with Crippen molar-refractivity contribution in [3.63, 3.8) is 0 Å². The average molecular weight is 377 g/mol. The SMILES string of the molecule is Cn1cc(-c2cnc3ccc(Nc4nnc(C(F)(F)F)s4)nc3c2)cn1. The first-order valence-corrected chi connectivity index (χ1v) is 8.14. The number of rotatable bonds is 3. The van der Waals surface area contributed by atoms with Crippen LogP contribution in [0.4, 0.5) is 24.1 Å². The van der Waals surface area contributed by atoms with Crippen molar-refractivity contribution in [1.29, 1.82) is 0 Å². The van der Waals surface area contributed by atoms with Gasteiger partial charge in [0.05, 0.1) is 17.2 Å². The van der Waals surface area contributed by atoms with E-state index in [1.165, 1.54) is 0 Å². The summed E-state index contributed by atoms with van der Waals surface area (Å²) in [4.78, 5) is 8.74. The van der Waals surface area contributed by atoms with E-state index < -0.39 is 11.2 Å². The third kappa shape index (κ3) is 3.20. The van der Waals surface area contributed by atoms with Crippen molar-refractivity contribution in [1.82, 2.24) is 29.9 Å². The quantitative estimate of drug-likeness (QED) is 0.587. The van der Waals surface area contributed by atoms with Gasteiger partial charge >= 0.3 is 6.18 Å². The maximum atomic E-state index is 12.6. The molecular formula is C15H10F3N7S. The normalized spacial score (nSPS) is 11.8. The molecule has 4 rings (SSSR count). The second-order valence-electron chi connectivity index (χ2n) is 5.40. The van der Waals surface area contributed by atoms with Gasteiger partial charge in [0, 0.05) is 30.6 Å². The molecule has 0 saturated heterocycles. The molecule has 0 saturated carbocycles. The van der Waals surface area contributed by atoms with E-state index >= 15 is 0 Å². The van der Waals surface area contributed by atoms with Gasteiger partial charge in [-0.1, -0.05) is 11.3 Å². The standard InChI is InChI=1S/C15H10F3N7S/c1-25-7-9(6-20-25)8-4-11-10(19-5-8)2-3-12(21-11)22-14-24-23-13(26-14)15(16,17)18/h2-7H,1H3,(H,21,22,24). The fourth-order valence-electron chi connectivity index (χ4n) is 2.30. The van der Waals surface area contributed by atoms with Crippen molar-refractivity contribution < 1.29 is 13.2 Å². The minimum Gasteiger partial charge on any atom is -0.315 e. The largest absolute Gasteiger partial charge is 0.445 e.